The van der Waals surface area contributed by atoms with Crippen LogP contribution in [-0.4, -0.2) is 24.8 Å². The molecule has 0 saturated carbocycles. The fourth-order valence-corrected chi connectivity index (χ4v) is 1.95. The largest absolute Gasteiger partial charge is 0.489 e. The van der Waals surface area contributed by atoms with Gasteiger partial charge in [-0.1, -0.05) is 13.8 Å². The van der Waals surface area contributed by atoms with Crippen molar-refractivity contribution in [3.63, 3.8) is 0 Å². The molecule has 0 spiro atoms. The summed E-state index contributed by atoms with van der Waals surface area (Å²) < 4.78 is 19.2. The van der Waals surface area contributed by atoms with Crippen LogP contribution in [0.1, 0.15) is 32.3 Å². The molecule has 0 amide bonds. The van der Waals surface area contributed by atoms with Gasteiger partial charge >= 0.3 is 0 Å². The number of thioether (sulfide) groups is 1. The lowest BCUT2D eigenvalue weighted by molar-refractivity contribution is 0.219. The van der Waals surface area contributed by atoms with E-state index in [0.29, 0.717) is 11.7 Å². The molecule has 0 heterocycles. The van der Waals surface area contributed by atoms with Gasteiger partial charge in [0.1, 0.15) is 17.7 Å². The minimum Gasteiger partial charge on any atom is -0.489 e. The predicted octanol–water partition coefficient (Wildman–Crippen LogP) is 3.63. The Kier molecular flexibility index (Phi) is 6.50. The molecule has 18 heavy (non-hydrogen) atoms. The van der Waals surface area contributed by atoms with Gasteiger partial charge in [-0.3, -0.25) is 0 Å². The number of hydrogen-bond donors (Lipinski definition) is 1. The molecule has 2 nitrogen and oxygen atoms in total. The third-order valence-corrected chi connectivity index (χ3v) is 3.07. The zero-order valence-electron chi connectivity index (χ0n) is 11.5. The molecule has 1 atom stereocenters. The molecular formula is C14H22FNOS. The van der Waals surface area contributed by atoms with Gasteiger partial charge in [0.05, 0.1) is 0 Å². The Balaban J connectivity index is 2.60. The number of hydrogen-bond acceptors (Lipinski definition) is 3. The summed E-state index contributed by atoms with van der Waals surface area (Å²) in [5, 5.41) is 3.25. The summed E-state index contributed by atoms with van der Waals surface area (Å²) in [6.07, 6.45) is 2.07. The minimum atomic E-state index is -0.236. The fraction of sp³-hybridized carbons (Fsp3) is 0.571. The number of halogens is 1. The van der Waals surface area contributed by atoms with Crippen molar-refractivity contribution in [3.8, 4) is 5.75 Å². The second-order valence-corrected chi connectivity index (χ2v) is 5.56. The van der Waals surface area contributed by atoms with E-state index in [1.165, 1.54) is 6.07 Å². The second kappa shape index (κ2) is 7.64. The van der Waals surface area contributed by atoms with Crippen LogP contribution in [0, 0.1) is 5.82 Å². The van der Waals surface area contributed by atoms with Crippen LogP contribution >= 0.6 is 11.8 Å². The predicted molar refractivity (Wildman–Crippen MR) is 77.0 cm³/mol. The molecule has 0 aliphatic rings. The monoisotopic (exact) mass is 271 g/mol. The van der Waals surface area contributed by atoms with Crippen LogP contribution in [0.15, 0.2) is 18.2 Å². The number of ether oxygens (including phenoxy) is 1. The van der Waals surface area contributed by atoms with E-state index in [1.54, 1.807) is 17.8 Å². The molecular weight excluding hydrogens is 249 g/mol. The highest BCUT2D eigenvalue weighted by atomic mass is 32.2. The third-order valence-electron chi connectivity index (χ3n) is 2.58. The van der Waals surface area contributed by atoms with E-state index in [4.69, 9.17) is 4.74 Å². The van der Waals surface area contributed by atoms with E-state index in [9.17, 15) is 4.39 Å². The van der Waals surface area contributed by atoms with Crippen molar-refractivity contribution in [2.45, 2.75) is 32.8 Å². The SMILES string of the molecule is CSCNC[C@@H](C)Oc1cc(F)cc(C(C)C)c1. The summed E-state index contributed by atoms with van der Waals surface area (Å²) in [5.74, 6) is 1.57. The van der Waals surface area contributed by atoms with E-state index in [1.807, 2.05) is 33.1 Å². The van der Waals surface area contributed by atoms with Crippen molar-refractivity contribution in [1.29, 1.82) is 0 Å². The highest BCUT2D eigenvalue weighted by Crippen LogP contribution is 2.23. The molecule has 4 heteroatoms. The molecule has 0 saturated heterocycles. The zero-order chi connectivity index (χ0) is 13.5. The van der Waals surface area contributed by atoms with Crippen LogP contribution in [0.3, 0.4) is 0 Å². The lowest BCUT2D eigenvalue weighted by Gasteiger charge is -2.16. The van der Waals surface area contributed by atoms with E-state index in [2.05, 4.69) is 5.32 Å². The topological polar surface area (TPSA) is 21.3 Å². The van der Waals surface area contributed by atoms with Gasteiger partial charge in [0.25, 0.3) is 0 Å². The third kappa shape index (κ3) is 5.27. The van der Waals surface area contributed by atoms with Crippen molar-refractivity contribution >= 4 is 11.8 Å². The molecule has 0 aliphatic heterocycles. The number of nitrogens with one attached hydrogen (secondary N) is 1. The van der Waals surface area contributed by atoms with E-state index in [-0.39, 0.29) is 11.9 Å². The van der Waals surface area contributed by atoms with E-state index < -0.39 is 0 Å². The van der Waals surface area contributed by atoms with Crippen LogP contribution in [0.2, 0.25) is 0 Å². The Labute approximate surface area is 113 Å². The van der Waals surface area contributed by atoms with Crippen molar-refractivity contribution in [2.75, 3.05) is 18.7 Å². The van der Waals surface area contributed by atoms with Gasteiger partial charge in [0.2, 0.25) is 0 Å². The number of rotatable bonds is 7. The highest BCUT2D eigenvalue weighted by molar-refractivity contribution is 7.98. The van der Waals surface area contributed by atoms with Gasteiger partial charge in [-0.2, -0.15) is 0 Å². The standard InChI is InChI=1S/C14H22FNOS/c1-10(2)12-5-13(15)7-14(6-12)17-11(3)8-16-9-18-4/h5-7,10-11,16H,8-9H2,1-4H3/t11-/m1/s1. The van der Waals surface area contributed by atoms with Crippen molar-refractivity contribution < 1.29 is 9.13 Å². The van der Waals surface area contributed by atoms with Gasteiger partial charge < -0.3 is 10.1 Å². The smallest absolute Gasteiger partial charge is 0.127 e. The quantitative estimate of drug-likeness (QED) is 0.604. The maximum Gasteiger partial charge on any atom is 0.127 e. The lowest BCUT2D eigenvalue weighted by atomic mass is 10.0. The summed E-state index contributed by atoms with van der Waals surface area (Å²) in [4.78, 5) is 0. The lowest BCUT2D eigenvalue weighted by Crippen LogP contribution is -2.28. The highest BCUT2D eigenvalue weighted by Gasteiger charge is 2.08. The van der Waals surface area contributed by atoms with Crippen molar-refractivity contribution in [1.82, 2.24) is 5.32 Å². The average Bonchev–Trinajstić information content (AvgIpc) is 2.28. The van der Waals surface area contributed by atoms with Gasteiger partial charge in [-0.15, -0.1) is 11.8 Å². The fourth-order valence-electron chi connectivity index (χ4n) is 1.62. The molecule has 102 valence electrons. The van der Waals surface area contributed by atoms with Gasteiger partial charge in [-0.25, -0.2) is 4.39 Å². The van der Waals surface area contributed by atoms with Crippen LogP contribution in [0.4, 0.5) is 4.39 Å². The van der Waals surface area contributed by atoms with Crippen LogP contribution in [0.5, 0.6) is 5.75 Å². The van der Waals surface area contributed by atoms with E-state index >= 15 is 0 Å². The zero-order valence-corrected chi connectivity index (χ0v) is 12.3. The maximum atomic E-state index is 13.4. The Hall–Kier alpha value is -0.740. The van der Waals surface area contributed by atoms with Crippen LogP contribution < -0.4 is 10.1 Å². The van der Waals surface area contributed by atoms with Crippen LogP contribution in [0.25, 0.3) is 0 Å². The molecule has 1 N–H and O–H groups in total. The molecule has 0 aliphatic carbocycles. The molecule has 0 bridgehead atoms. The Morgan fingerprint density at radius 1 is 1.28 bits per heavy atom. The minimum absolute atomic E-state index is 0.0268. The van der Waals surface area contributed by atoms with Gasteiger partial charge in [0.15, 0.2) is 0 Å². The molecule has 0 radical (unpaired) electrons. The van der Waals surface area contributed by atoms with Crippen LogP contribution in [-0.2, 0) is 0 Å². The normalized spacial score (nSPS) is 12.8. The van der Waals surface area contributed by atoms with Crippen molar-refractivity contribution in [3.05, 3.63) is 29.6 Å². The molecule has 1 rings (SSSR count). The van der Waals surface area contributed by atoms with Crippen molar-refractivity contribution in [2.24, 2.45) is 0 Å². The molecule has 0 aromatic heterocycles. The van der Waals surface area contributed by atoms with Gasteiger partial charge in [0, 0.05) is 18.5 Å². The van der Waals surface area contributed by atoms with E-state index in [0.717, 1.165) is 18.0 Å². The summed E-state index contributed by atoms with van der Waals surface area (Å²) in [6, 6.07) is 4.92. The summed E-state index contributed by atoms with van der Waals surface area (Å²) in [6.45, 7) is 6.83. The molecule has 0 unspecified atom stereocenters. The molecule has 1 aromatic rings. The first-order valence-electron chi connectivity index (χ1n) is 6.19. The Morgan fingerprint density at radius 3 is 2.61 bits per heavy atom. The summed E-state index contributed by atoms with van der Waals surface area (Å²) in [5.41, 5.74) is 0.967. The first-order valence-corrected chi connectivity index (χ1v) is 7.59. The summed E-state index contributed by atoms with van der Waals surface area (Å²) in [7, 11) is 0. The first kappa shape index (κ1) is 15.3. The molecule has 0 fully saturated rings. The van der Waals surface area contributed by atoms with Gasteiger partial charge in [-0.05, 0) is 36.8 Å². The number of benzene rings is 1. The molecule has 1 aromatic carbocycles. The average molecular weight is 271 g/mol. The Morgan fingerprint density at radius 2 is 2.00 bits per heavy atom. The maximum absolute atomic E-state index is 13.4. The first-order chi connectivity index (χ1) is 8.52. The summed E-state index contributed by atoms with van der Waals surface area (Å²) >= 11 is 1.73. The second-order valence-electron chi connectivity index (χ2n) is 4.69. The Bertz CT molecular complexity index is 371.